The average Bonchev–Trinajstić information content (AvgIpc) is 3.35. The molecule has 23 nitrogen and oxygen atoms in total. The van der Waals surface area contributed by atoms with Gasteiger partial charge in [0.2, 0.25) is 29.5 Å². The van der Waals surface area contributed by atoms with Gasteiger partial charge in [0.25, 0.3) is 0 Å². The van der Waals surface area contributed by atoms with Crippen LogP contribution < -0.4 is 27.0 Å². The Labute approximate surface area is 423 Å². The predicted molar refractivity (Wildman–Crippen MR) is 264 cm³/mol. The molecule has 0 spiro atoms. The standard InChI is InChI=1S/C45H85IN6O17/c1-4-13-52(5-2)43(55)9-12-49-44(56)39(51-45(57)40(38-47)50-42(54)37-46)8-6-7-11-48-41(53)10-14-59-17-18-61-21-22-63-25-26-65-29-30-67-33-34-69-36-35-68-32-31-66-28-27-64-24-23-62-20-19-60-16-15-58-3/h4,13,39-40H,5-12,14-38,47H2,1-3H3,(H,48,53)(H,49,56)(H,50,54)(H,51,57)/b13-4+. The fourth-order valence-electron chi connectivity index (χ4n) is 5.51. The molecular formula is C45H85IN6O17. The maximum Gasteiger partial charge on any atom is 0.244 e. The van der Waals surface area contributed by atoms with Gasteiger partial charge < -0.3 is 88.7 Å². The summed E-state index contributed by atoms with van der Waals surface area (Å²) in [5.41, 5.74) is 5.71. The zero-order valence-electron chi connectivity index (χ0n) is 41.5. The van der Waals surface area contributed by atoms with Crippen molar-refractivity contribution < 1.29 is 80.8 Å². The van der Waals surface area contributed by atoms with Gasteiger partial charge in [0.15, 0.2) is 0 Å². The van der Waals surface area contributed by atoms with Crippen molar-refractivity contribution in [2.45, 2.75) is 58.0 Å². The van der Waals surface area contributed by atoms with Crippen LogP contribution in [0.3, 0.4) is 0 Å². The summed E-state index contributed by atoms with van der Waals surface area (Å²) in [5.74, 6) is -1.75. The fraction of sp³-hybridized carbons (Fsp3) is 0.844. The van der Waals surface area contributed by atoms with Crippen LogP contribution in [-0.2, 0) is 80.8 Å². The highest BCUT2D eigenvalue weighted by molar-refractivity contribution is 14.1. The van der Waals surface area contributed by atoms with Crippen molar-refractivity contribution in [3.63, 3.8) is 0 Å². The number of carbonyl (C=O) groups excluding carboxylic acids is 5. The molecule has 5 amide bonds. The second kappa shape index (κ2) is 51.6. The Balaban J connectivity index is 3.78. The Morgan fingerprint density at radius 3 is 1.32 bits per heavy atom. The number of carbonyl (C=O) groups is 5. The summed E-state index contributed by atoms with van der Waals surface area (Å²) in [6.45, 7) is 15.0. The van der Waals surface area contributed by atoms with E-state index in [1.165, 1.54) is 0 Å². The maximum atomic E-state index is 13.1. The molecule has 0 bridgehead atoms. The fourth-order valence-corrected chi connectivity index (χ4v) is 5.73. The van der Waals surface area contributed by atoms with Crippen molar-refractivity contribution in [2.75, 3.05) is 190 Å². The van der Waals surface area contributed by atoms with Crippen molar-refractivity contribution in [2.24, 2.45) is 5.73 Å². The molecule has 0 fully saturated rings. The number of allylic oxidation sites excluding steroid dienone is 1. The Morgan fingerprint density at radius 2 is 0.942 bits per heavy atom. The Morgan fingerprint density at radius 1 is 0.522 bits per heavy atom. The Bertz CT molecular complexity index is 1280. The number of hydrogen-bond donors (Lipinski definition) is 5. The minimum atomic E-state index is -1.01. The molecule has 0 saturated heterocycles. The normalized spacial score (nSPS) is 12.2. The van der Waals surface area contributed by atoms with Gasteiger partial charge in [-0.05, 0) is 33.1 Å². The van der Waals surface area contributed by atoms with Crippen molar-refractivity contribution in [3.05, 3.63) is 12.3 Å². The van der Waals surface area contributed by atoms with Crippen LogP contribution in [0, 0.1) is 0 Å². The Hall–Kier alpha value is -2.70. The molecule has 0 aromatic rings. The van der Waals surface area contributed by atoms with Gasteiger partial charge in [0.1, 0.15) is 12.1 Å². The average molecular weight is 1110 g/mol. The molecule has 0 aliphatic rings. The van der Waals surface area contributed by atoms with Crippen LogP contribution in [-0.4, -0.2) is 236 Å². The summed E-state index contributed by atoms with van der Waals surface area (Å²) < 4.78 is 65.1. The lowest BCUT2D eigenvalue weighted by Crippen LogP contribution is -2.56. The highest BCUT2D eigenvalue weighted by atomic mass is 127. The molecule has 0 aliphatic heterocycles. The lowest BCUT2D eigenvalue weighted by Gasteiger charge is -2.22. The van der Waals surface area contributed by atoms with Gasteiger partial charge in [0, 0.05) is 52.3 Å². The topological polar surface area (TPSA) is 273 Å². The molecule has 0 aromatic carbocycles. The number of hydrogen-bond acceptors (Lipinski definition) is 18. The van der Waals surface area contributed by atoms with Gasteiger partial charge in [-0.25, -0.2) is 0 Å². The molecule has 0 aromatic heterocycles. The van der Waals surface area contributed by atoms with Crippen LogP contribution in [0.5, 0.6) is 0 Å². The van der Waals surface area contributed by atoms with Crippen molar-refractivity contribution in [3.8, 4) is 0 Å². The minimum absolute atomic E-state index is 0.0793. The molecule has 0 radical (unpaired) electrons. The van der Waals surface area contributed by atoms with E-state index in [2.05, 4.69) is 21.3 Å². The molecule has 0 saturated carbocycles. The quantitative estimate of drug-likeness (QED) is 0.0298. The SMILES string of the molecule is C/C=C/N(CC)C(=O)CCNC(=O)C(CCCCNC(=O)CCOCCOCCOCCOCCOCCOCCOCCOCCOCCOCCOCCOC)NC(=O)C(CN)NC(=O)CI. The van der Waals surface area contributed by atoms with E-state index in [0.717, 1.165) is 0 Å². The van der Waals surface area contributed by atoms with Crippen LogP contribution in [0.2, 0.25) is 0 Å². The van der Waals surface area contributed by atoms with Crippen LogP contribution >= 0.6 is 22.6 Å². The molecule has 69 heavy (non-hydrogen) atoms. The number of nitrogens with zero attached hydrogens (tertiary/aromatic N) is 1. The monoisotopic (exact) mass is 1110 g/mol. The molecule has 0 aliphatic carbocycles. The van der Waals surface area contributed by atoms with Crippen LogP contribution in [0.1, 0.15) is 46.0 Å². The molecule has 2 unspecified atom stereocenters. The van der Waals surface area contributed by atoms with Crippen molar-refractivity contribution in [1.82, 2.24) is 26.2 Å². The van der Waals surface area contributed by atoms with E-state index in [1.54, 1.807) is 24.3 Å². The second-order valence-corrected chi connectivity index (χ2v) is 15.3. The first-order valence-corrected chi connectivity index (χ1v) is 25.4. The molecule has 0 heterocycles. The number of ether oxygens (including phenoxy) is 12. The Kier molecular flexibility index (Phi) is 49.6. The smallest absolute Gasteiger partial charge is 0.244 e. The largest absolute Gasteiger partial charge is 0.382 e. The van der Waals surface area contributed by atoms with Crippen LogP contribution in [0.4, 0.5) is 0 Å². The molecule has 24 heteroatoms. The summed E-state index contributed by atoms with van der Waals surface area (Å²) in [5, 5.41) is 10.8. The third-order valence-electron chi connectivity index (χ3n) is 9.14. The highest BCUT2D eigenvalue weighted by Gasteiger charge is 2.26. The van der Waals surface area contributed by atoms with Gasteiger partial charge in [0.05, 0.1) is 156 Å². The first kappa shape index (κ1) is 66.3. The third-order valence-corrected chi connectivity index (χ3v) is 9.83. The van der Waals surface area contributed by atoms with Crippen molar-refractivity contribution >= 4 is 52.1 Å². The number of alkyl halides is 1. The summed E-state index contributed by atoms with van der Waals surface area (Å²) in [4.78, 5) is 64.2. The number of nitrogens with one attached hydrogen (secondary N) is 4. The summed E-state index contributed by atoms with van der Waals surface area (Å²) in [6.07, 6.45) is 4.98. The number of halogens is 1. The zero-order valence-corrected chi connectivity index (χ0v) is 43.6. The van der Waals surface area contributed by atoms with E-state index in [1.807, 2.05) is 36.4 Å². The maximum absolute atomic E-state index is 13.1. The van der Waals surface area contributed by atoms with Crippen LogP contribution in [0.15, 0.2) is 12.3 Å². The van der Waals surface area contributed by atoms with E-state index < -0.39 is 23.9 Å². The van der Waals surface area contributed by atoms with E-state index in [9.17, 15) is 24.0 Å². The molecule has 0 rings (SSSR count). The van der Waals surface area contributed by atoms with E-state index in [4.69, 9.17) is 62.6 Å². The summed E-state index contributed by atoms with van der Waals surface area (Å²) >= 11 is 1.87. The van der Waals surface area contributed by atoms with Crippen LogP contribution in [0.25, 0.3) is 0 Å². The highest BCUT2D eigenvalue weighted by Crippen LogP contribution is 2.04. The minimum Gasteiger partial charge on any atom is -0.382 e. The van der Waals surface area contributed by atoms with Gasteiger partial charge in [-0.15, -0.1) is 0 Å². The summed E-state index contributed by atoms with van der Waals surface area (Å²) in [7, 11) is 1.64. The lowest BCUT2D eigenvalue weighted by atomic mass is 10.1. The first-order chi connectivity index (χ1) is 33.7. The molecule has 6 N–H and O–H groups in total. The zero-order chi connectivity index (χ0) is 50.7. The number of rotatable bonds is 52. The number of nitrogens with two attached hydrogens (primary N) is 1. The first-order valence-electron chi connectivity index (χ1n) is 23.9. The molecule has 2 atom stereocenters. The molecule has 404 valence electrons. The summed E-state index contributed by atoms with van der Waals surface area (Å²) in [6, 6.07) is -1.95. The number of amides is 5. The number of methoxy groups -OCH3 is 1. The number of unbranched alkanes of at least 4 members (excludes halogenated alkanes) is 1. The van der Waals surface area contributed by atoms with Crippen molar-refractivity contribution in [1.29, 1.82) is 0 Å². The van der Waals surface area contributed by atoms with E-state index in [0.29, 0.717) is 171 Å². The predicted octanol–water partition coefficient (Wildman–Crippen LogP) is -0.256. The lowest BCUT2D eigenvalue weighted by molar-refractivity contribution is -0.132. The van der Waals surface area contributed by atoms with E-state index in [-0.39, 0.29) is 61.1 Å². The van der Waals surface area contributed by atoms with Gasteiger partial charge in [-0.1, -0.05) is 28.7 Å². The van der Waals surface area contributed by atoms with Gasteiger partial charge in [-0.3, -0.25) is 24.0 Å². The second-order valence-electron chi connectivity index (χ2n) is 14.6. The van der Waals surface area contributed by atoms with Gasteiger partial charge >= 0.3 is 0 Å². The molecular weight excluding hydrogens is 1020 g/mol. The van der Waals surface area contributed by atoms with E-state index >= 15 is 0 Å². The third kappa shape index (κ3) is 43.8. The van der Waals surface area contributed by atoms with Gasteiger partial charge in [-0.2, -0.15) is 0 Å².